The Morgan fingerprint density at radius 3 is 2.61 bits per heavy atom. The average Bonchev–Trinajstić information content (AvgIpc) is 2.85. The fourth-order valence-corrected chi connectivity index (χ4v) is 2.00. The molecule has 1 unspecified atom stereocenters. The van der Waals surface area contributed by atoms with Gasteiger partial charge in [0, 0.05) is 18.8 Å². The van der Waals surface area contributed by atoms with Gasteiger partial charge in [0.15, 0.2) is 0 Å². The maximum absolute atomic E-state index is 12.9. The molecular formula is C14H18FN3. The third-order valence-corrected chi connectivity index (χ3v) is 3.07. The Balaban J connectivity index is 2.11. The van der Waals surface area contributed by atoms with Crippen LogP contribution in [0.4, 0.5) is 4.39 Å². The van der Waals surface area contributed by atoms with Crippen molar-refractivity contribution in [2.75, 3.05) is 7.05 Å². The molecule has 1 aromatic heterocycles. The highest BCUT2D eigenvalue weighted by molar-refractivity contribution is 5.22. The summed E-state index contributed by atoms with van der Waals surface area (Å²) in [6.07, 6.45) is 4.79. The molecule has 1 atom stereocenters. The van der Waals surface area contributed by atoms with Crippen LogP contribution in [0.2, 0.25) is 0 Å². The number of benzene rings is 1. The van der Waals surface area contributed by atoms with Crippen LogP contribution < -0.4 is 5.32 Å². The molecule has 0 aliphatic heterocycles. The van der Waals surface area contributed by atoms with Crippen molar-refractivity contribution >= 4 is 0 Å². The van der Waals surface area contributed by atoms with Crippen molar-refractivity contribution in [3.8, 4) is 0 Å². The van der Waals surface area contributed by atoms with E-state index in [1.54, 1.807) is 0 Å². The summed E-state index contributed by atoms with van der Waals surface area (Å²) in [6.45, 7) is 2.94. The topological polar surface area (TPSA) is 29.9 Å². The molecule has 0 bridgehead atoms. The lowest BCUT2D eigenvalue weighted by Crippen LogP contribution is -2.18. The first-order chi connectivity index (χ1) is 8.72. The molecule has 0 amide bonds. The fraction of sp³-hybridized carbons (Fsp3) is 0.357. The summed E-state index contributed by atoms with van der Waals surface area (Å²) in [6, 6.07) is 6.81. The van der Waals surface area contributed by atoms with Gasteiger partial charge in [0.2, 0.25) is 0 Å². The van der Waals surface area contributed by atoms with E-state index in [4.69, 9.17) is 0 Å². The van der Waals surface area contributed by atoms with E-state index in [9.17, 15) is 4.39 Å². The highest BCUT2D eigenvalue weighted by Gasteiger charge is 2.11. The Morgan fingerprint density at radius 2 is 2.06 bits per heavy atom. The van der Waals surface area contributed by atoms with Crippen LogP contribution in [-0.4, -0.2) is 16.8 Å². The van der Waals surface area contributed by atoms with Crippen molar-refractivity contribution in [1.82, 2.24) is 15.1 Å². The molecule has 18 heavy (non-hydrogen) atoms. The third kappa shape index (κ3) is 2.96. The number of rotatable bonds is 5. The number of aromatic nitrogens is 2. The zero-order chi connectivity index (χ0) is 13.0. The molecular weight excluding hydrogens is 229 g/mol. The van der Waals surface area contributed by atoms with Gasteiger partial charge in [-0.25, -0.2) is 4.39 Å². The normalized spacial score (nSPS) is 12.6. The first kappa shape index (κ1) is 12.8. The summed E-state index contributed by atoms with van der Waals surface area (Å²) >= 11 is 0. The van der Waals surface area contributed by atoms with Crippen molar-refractivity contribution in [3.63, 3.8) is 0 Å². The standard InChI is InChI=1S/C14H18FN3/c1-3-18-10-11(9-17-18)8-14(16-2)12-4-6-13(15)7-5-12/h4-7,9-10,14,16H,3,8H2,1-2H3. The lowest BCUT2D eigenvalue weighted by molar-refractivity contribution is 0.585. The van der Waals surface area contributed by atoms with Crippen LogP contribution in [0.5, 0.6) is 0 Å². The van der Waals surface area contributed by atoms with E-state index >= 15 is 0 Å². The predicted octanol–water partition coefficient (Wildman–Crippen LogP) is 2.55. The molecule has 2 rings (SSSR count). The molecule has 1 heterocycles. The van der Waals surface area contributed by atoms with Crippen LogP contribution >= 0.6 is 0 Å². The molecule has 0 saturated carbocycles. The van der Waals surface area contributed by atoms with E-state index in [1.807, 2.05) is 36.3 Å². The van der Waals surface area contributed by atoms with E-state index in [-0.39, 0.29) is 11.9 Å². The predicted molar refractivity (Wildman–Crippen MR) is 69.8 cm³/mol. The lowest BCUT2D eigenvalue weighted by Gasteiger charge is -2.15. The van der Waals surface area contributed by atoms with Crippen molar-refractivity contribution in [2.24, 2.45) is 0 Å². The summed E-state index contributed by atoms with van der Waals surface area (Å²) < 4.78 is 14.8. The number of aryl methyl sites for hydroxylation is 1. The van der Waals surface area contributed by atoms with Gasteiger partial charge in [-0.05, 0) is 43.7 Å². The maximum atomic E-state index is 12.9. The van der Waals surface area contributed by atoms with E-state index < -0.39 is 0 Å². The number of hydrogen-bond donors (Lipinski definition) is 1. The highest BCUT2D eigenvalue weighted by atomic mass is 19.1. The molecule has 1 N–H and O–H groups in total. The molecule has 1 aromatic carbocycles. The van der Waals surface area contributed by atoms with Crippen LogP contribution in [-0.2, 0) is 13.0 Å². The van der Waals surface area contributed by atoms with Crippen molar-refractivity contribution in [3.05, 3.63) is 53.6 Å². The Labute approximate surface area is 107 Å². The number of halogens is 1. The highest BCUT2D eigenvalue weighted by Crippen LogP contribution is 2.18. The van der Waals surface area contributed by atoms with Gasteiger partial charge < -0.3 is 5.32 Å². The number of hydrogen-bond acceptors (Lipinski definition) is 2. The van der Waals surface area contributed by atoms with Crippen molar-refractivity contribution in [1.29, 1.82) is 0 Å². The minimum Gasteiger partial charge on any atom is -0.313 e. The van der Waals surface area contributed by atoms with E-state index in [0.717, 1.165) is 18.5 Å². The zero-order valence-corrected chi connectivity index (χ0v) is 10.7. The van der Waals surface area contributed by atoms with E-state index in [1.165, 1.54) is 17.7 Å². The zero-order valence-electron chi connectivity index (χ0n) is 10.7. The summed E-state index contributed by atoms with van der Waals surface area (Å²) in [7, 11) is 1.91. The van der Waals surface area contributed by atoms with Gasteiger partial charge in [-0.3, -0.25) is 4.68 Å². The summed E-state index contributed by atoms with van der Waals surface area (Å²) in [5, 5.41) is 7.51. The Hall–Kier alpha value is -1.68. The van der Waals surface area contributed by atoms with Crippen LogP contribution in [0.25, 0.3) is 0 Å². The summed E-state index contributed by atoms with van der Waals surface area (Å²) in [5.74, 6) is -0.201. The third-order valence-electron chi connectivity index (χ3n) is 3.07. The van der Waals surface area contributed by atoms with Gasteiger partial charge >= 0.3 is 0 Å². The molecule has 0 saturated heterocycles. The minimum absolute atomic E-state index is 0.181. The molecule has 96 valence electrons. The largest absolute Gasteiger partial charge is 0.313 e. The second-order valence-electron chi connectivity index (χ2n) is 4.30. The molecule has 4 heteroatoms. The first-order valence-electron chi connectivity index (χ1n) is 6.17. The van der Waals surface area contributed by atoms with Crippen LogP contribution in [0.15, 0.2) is 36.7 Å². The van der Waals surface area contributed by atoms with Gasteiger partial charge in [-0.15, -0.1) is 0 Å². The molecule has 0 spiro atoms. The minimum atomic E-state index is -0.201. The van der Waals surface area contributed by atoms with Crippen molar-refractivity contribution < 1.29 is 4.39 Å². The van der Waals surface area contributed by atoms with Gasteiger partial charge in [-0.1, -0.05) is 12.1 Å². The smallest absolute Gasteiger partial charge is 0.123 e. The maximum Gasteiger partial charge on any atom is 0.123 e. The first-order valence-corrected chi connectivity index (χ1v) is 6.17. The Bertz CT molecular complexity index is 490. The number of likely N-dealkylation sites (N-methyl/N-ethyl adjacent to an activating group) is 1. The molecule has 0 aliphatic carbocycles. The monoisotopic (exact) mass is 247 g/mol. The Kier molecular flexibility index (Phi) is 4.10. The molecule has 0 aliphatic rings. The van der Waals surface area contributed by atoms with Gasteiger partial charge in [0.25, 0.3) is 0 Å². The second-order valence-corrected chi connectivity index (χ2v) is 4.30. The quantitative estimate of drug-likeness (QED) is 0.880. The number of nitrogens with zero attached hydrogens (tertiary/aromatic N) is 2. The molecule has 2 aromatic rings. The van der Waals surface area contributed by atoms with Gasteiger partial charge in [-0.2, -0.15) is 5.10 Å². The summed E-state index contributed by atoms with van der Waals surface area (Å²) in [5.41, 5.74) is 2.27. The molecule has 0 fully saturated rings. The van der Waals surface area contributed by atoms with Crippen LogP contribution in [0.3, 0.4) is 0 Å². The molecule has 3 nitrogen and oxygen atoms in total. The van der Waals surface area contributed by atoms with Crippen molar-refractivity contribution in [2.45, 2.75) is 25.9 Å². The second kappa shape index (κ2) is 5.78. The van der Waals surface area contributed by atoms with E-state index in [0.29, 0.717) is 0 Å². The van der Waals surface area contributed by atoms with Crippen LogP contribution in [0.1, 0.15) is 24.1 Å². The van der Waals surface area contributed by atoms with Crippen LogP contribution in [0, 0.1) is 5.82 Å². The fourth-order valence-electron chi connectivity index (χ4n) is 2.00. The van der Waals surface area contributed by atoms with Gasteiger partial charge in [0.05, 0.1) is 6.20 Å². The SMILES string of the molecule is CCn1cc(CC(NC)c2ccc(F)cc2)cn1. The summed E-state index contributed by atoms with van der Waals surface area (Å²) in [4.78, 5) is 0. The number of nitrogens with one attached hydrogen (secondary N) is 1. The lowest BCUT2D eigenvalue weighted by atomic mass is 10.0. The van der Waals surface area contributed by atoms with Gasteiger partial charge in [0.1, 0.15) is 5.82 Å². The Morgan fingerprint density at radius 1 is 1.33 bits per heavy atom. The van der Waals surface area contributed by atoms with E-state index in [2.05, 4.69) is 17.3 Å². The average molecular weight is 247 g/mol. The molecule has 0 radical (unpaired) electrons.